The molecule has 8 nitrogen and oxygen atoms in total. The highest BCUT2D eigenvalue weighted by atomic mass is 16.5. The first-order valence-corrected chi connectivity index (χ1v) is 11.6. The van der Waals surface area contributed by atoms with Crippen molar-refractivity contribution in [2.24, 2.45) is 5.92 Å². The third kappa shape index (κ3) is 5.59. The van der Waals surface area contributed by atoms with Crippen LogP contribution in [0.15, 0.2) is 42.0 Å². The van der Waals surface area contributed by atoms with Gasteiger partial charge in [0.05, 0.1) is 25.3 Å². The van der Waals surface area contributed by atoms with Gasteiger partial charge in [-0.1, -0.05) is 19.9 Å². The number of ether oxygens (including phenoxy) is 3. The molecule has 2 N–H and O–H groups in total. The zero-order valence-corrected chi connectivity index (χ0v) is 20.8. The van der Waals surface area contributed by atoms with Crippen LogP contribution in [0.3, 0.4) is 0 Å². The lowest BCUT2D eigenvalue weighted by Gasteiger charge is -2.25. The van der Waals surface area contributed by atoms with Crippen molar-refractivity contribution in [2.75, 3.05) is 34.0 Å². The largest absolute Gasteiger partial charge is 0.507 e. The summed E-state index contributed by atoms with van der Waals surface area (Å²) in [5.74, 6) is -0.558. The summed E-state index contributed by atoms with van der Waals surface area (Å²) in [6.07, 6.45) is 0.510. The zero-order valence-electron chi connectivity index (χ0n) is 20.8. The van der Waals surface area contributed by atoms with E-state index >= 15 is 0 Å². The maximum absolute atomic E-state index is 13.2. The molecule has 35 heavy (non-hydrogen) atoms. The van der Waals surface area contributed by atoms with Gasteiger partial charge in [-0.05, 0) is 60.7 Å². The second-order valence-corrected chi connectivity index (χ2v) is 8.96. The molecule has 0 aromatic heterocycles. The summed E-state index contributed by atoms with van der Waals surface area (Å²) in [4.78, 5) is 27.6. The SMILES string of the molecule is COCCCN1C(=O)C(=O)C(=C(O)c2ccc(OCC(C)C)c(C)c2)[C@H]1c1ccc(O)c(OC)c1. The van der Waals surface area contributed by atoms with Crippen molar-refractivity contribution in [1.82, 2.24) is 4.90 Å². The lowest BCUT2D eigenvalue weighted by atomic mass is 9.94. The number of benzene rings is 2. The number of phenols is 1. The quantitative estimate of drug-likeness (QED) is 0.226. The summed E-state index contributed by atoms with van der Waals surface area (Å²) in [7, 11) is 2.98. The number of hydrogen-bond acceptors (Lipinski definition) is 7. The molecule has 1 saturated heterocycles. The van der Waals surface area contributed by atoms with E-state index < -0.39 is 17.7 Å². The van der Waals surface area contributed by atoms with E-state index in [0.29, 0.717) is 42.4 Å². The molecule has 1 aliphatic rings. The van der Waals surface area contributed by atoms with Gasteiger partial charge in [-0.3, -0.25) is 9.59 Å². The van der Waals surface area contributed by atoms with Crippen molar-refractivity contribution in [3.8, 4) is 17.2 Å². The summed E-state index contributed by atoms with van der Waals surface area (Å²) in [5, 5.41) is 21.3. The van der Waals surface area contributed by atoms with Crippen LogP contribution in [0.25, 0.3) is 5.76 Å². The number of methoxy groups -OCH3 is 2. The Morgan fingerprint density at radius 1 is 1.09 bits per heavy atom. The van der Waals surface area contributed by atoms with E-state index in [4.69, 9.17) is 14.2 Å². The van der Waals surface area contributed by atoms with Crippen molar-refractivity contribution in [3.05, 3.63) is 58.7 Å². The van der Waals surface area contributed by atoms with E-state index in [1.807, 2.05) is 6.92 Å². The molecule has 1 amide bonds. The molecule has 1 atom stereocenters. The van der Waals surface area contributed by atoms with Crippen LogP contribution in [-0.2, 0) is 14.3 Å². The van der Waals surface area contributed by atoms with Gasteiger partial charge < -0.3 is 29.3 Å². The smallest absolute Gasteiger partial charge is 0.295 e. The fourth-order valence-corrected chi connectivity index (χ4v) is 4.07. The van der Waals surface area contributed by atoms with E-state index in [1.54, 1.807) is 37.4 Å². The maximum Gasteiger partial charge on any atom is 0.295 e. The first kappa shape index (κ1) is 26.1. The number of aliphatic hydroxyl groups is 1. The molecular formula is C27H33NO7. The highest BCUT2D eigenvalue weighted by Gasteiger charge is 2.46. The molecular weight excluding hydrogens is 450 g/mol. The minimum atomic E-state index is -0.849. The van der Waals surface area contributed by atoms with Crippen molar-refractivity contribution in [3.63, 3.8) is 0 Å². The van der Waals surface area contributed by atoms with Gasteiger partial charge in [0.25, 0.3) is 11.7 Å². The van der Waals surface area contributed by atoms with Gasteiger partial charge >= 0.3 is 0 Å². The Kier molecular flexibility index (Phi) is 8.40. The van der Waals surface area contributed by atoms with Crippen LogP contribution < -0.4 is 9.47 Å². The summed E-state index contributed by atoms with van der Waals surface area (Å²) < 4.78 is 16.2. The second kappa shape index (κ2) is 11.3. The molecule has 1 fully saturated rings. The number of aromatic hydroxyl groups is 1. The topological polar surface area (TPSA) is 106 Å². The second-order valence-electron chi connectivity index (χ2n) is 8.96. The highest BCUT2D eigenvalue weighted by Crippen LogP contribution is 2.42. The molecule has 2 aromatic carbocycles. The monoisotopic (exact) mass is 483 g/mol. The number of nitrogens with zero attached hydrogens (tertiary/aromatic N) is 1. The van der Waals surface area contributed by atoms with E-state index in [9.17, 15) is 19.8 Å². The summed E-state index contributed by atoms with van der Waals surface area (Å²) in [6.45, 7) is 7.19. The molecule has 0 spiro atoms. The molecule has 0 aliphatic carbocycles. The van der Waals surface area contributed by atoms with Gasteiger partial charge in [0.2, 0.25) is 0 Å². The number of ketones is 1. The minimum absolute atomic E-state index is 0.0181. The van der Waals surface area contributed by atoms with Crippen LogP contribution in [0.2, 0.25) is 0 Å². The van der Waals surface area contributed by atoms with Crippen LogP contribution >= 0.6 is 0 Å². The Morgan fingerprint density at radius 3 is 2.46 bits per heavy atom. The zero-order chi connectivity index (χ0) is 25.7. The molecule has 188 valence electrons. The molecule has 1 heterocycles. The fraction of sp³-hybridized carbons (Fsp3) is 0.407. The predicted octanol–water partition coefficient (Wildman–Crippen LogP) is 4.20. The summed E-state index contributed by atoms with van der Waals surface area (Å²) >= 11 is 0. The maximum atomic E-state index is 13.2. The molecule has 3 rings (SSSR count). The van der Waals surface area contributed by atoms with Crippen molar-refractivity contribution >= 4 is 17.4 Å². The number of amides is 1. The number of aryl methyl sites for hydroxylation is 1. The molecule has 0 saturated carbocycles. The average molecular weight is 484 g/mol. The summed E-state index contributed by atoms with van der Waals surface area (Å²) in [5.41, 5.74) is 1.72. The van der Waals surface area contributed by atoms with E-state index in [-0.39, 0.29) is 29.4 Å². The number of Topliss-reactive ketones (excluding diaryl/α,β-unsaturated/α-hetero) is 1. The molecule has 0 unspecified atom stereocenters. The van der Waals surface area contributed by atoms with Crippen LogP contribution in [0.4, 0.5) is 0 Å². The number of carbonyl (C=O) groups excluding carboxylic acids is 2. The van der Waals surface area contributed by atoms with Gasteiger partial charge in [0.1, 0.15) is 11.5 Å². The lowest BCUT2D eigenvalue weighted by Crippen LogP contribution is -2.31. The molecule has 0 radical (unpaired) electrons. The van der Waals surface area contributed by atoms with Gasteiger partial charge in [0.15, 0.2) is 11.5 Å². The number of carbonyl (C=O) groups is 2. The lowest BCUT2D eigenvalue weighted by molar-refractivity contribution is -0.140. The number of likely N-dealkylation sites (tertiary alicyclic amines) is 1. The van der Waals surface area contributed by atoms with E-state index in [0.717, 1.165) is 5.56 Å². The Hall–Kier alpha value is -3.52. The predicted molar refractivity (Wildman–Crippen MR) is 132 cm³/mol. The third-order valence-corrected chi connectivity index (χ3v) is 5.83. The van der Waals surface area contributed by atoms with Gasteiger partial charge in [-0.15, -0.1) is 0 Å². The summed E-state index contributed by atoms with van der Waals surface area (Å²) in [6, 6.07) is 8.92. The van der Waals surface area contributed by atoms with Gasteiger partial charge in [0, 0.05) is 25.8 Å². The molecule has 8 heteroatoms. The fourth-order valence-electron chi connectivity index (χ4n) is 4.07. The Bertz CT molecular complexity index is 1120. The number of phenolic OH excluding ortho intramolecular Hbond substituents is 1. The van der Waals surface area contributed by atoms with Crippen LogP contribution in [-0.4, -0.2) is 60.8 Å². The molecule has 2 aromatic rings. The Labute approximate surface area is 205 Å². The van der Waals surface area contributed by atoms with Gasteiger partial charge in [-0.2, -0.15) is 0 Å². The number of aliphatic hydroxyl groups excluding tert-OH is 1. The van der Waals surface area contributed by atoms with Gasteiger partial charge in [-0.25, -0.2) is 0 Å². The minimum Gasteiger partial charge on any atom is -0.507 e. The van der Waals surface area contributed by atoms with Crippen molar-refractivity contribution in [1.29, 1.82) is 0 Å². The Balaban J connectivity index is 2.10. The van der Waals surface area contributed by atoms with Crippen molar-refractivity contribution in [2.45, 2.75) is 33.2 Å². The first-order valence-electron chi connectivity index (χ1n) is 11.6. The molecule has 1 aliphatic heterocycles. The first-order chi connectivity index (χ1) is 16.7. The van der Waals surface area contributed by atoms with Crippen LogP contribution in [0.5, 0.6) is 17.2 Å². The average Bonchev–Trinajstić information content (AvgIpc) is 3.08. The highest BCUT2D eigenvalue weighted by molar-refractivity contribution is 6.46. The number of hydrogen-bond donors (Lipinski definition) is 2. The third-order valence-electron chi connectivity index (χ3n) is 5.83. The molecule has 0 bridgehead atoms. The number of rotatable bonds is 10. The van der Waals surface area contributed by atoms with Crippen LogP contribution in [0.1, 0.15) is 43.0 Å². The van der Waals surface area contributed by atoms with Crippen LogP contribution in [0, 0.1) is 12.8 Å². The van der Waals surface area contributed by atoms with Crippen molar-refractivity contribution < 1.29 is 34.0 Å². The van der Waals surface area contributed by atoms with E-state index in [2.05, 4.69) is 13.8 Å². The standard InChI is InChI=1S/C27H33NO7/c1-16(2)15-35-21-10-8-19(13-17(21)3)25(30)23-24(18-7-9-20(29)22(14-18)34-5)28(11-6-12-33-4)27(32)26(23)31/h7-10,13-14,16,24,29-30H,6,11-12,15H2,1-5H3/t24-/m1/s1. The Morgan fingerprint density at radius 2 is 1.83 bits per heavy atom. The van der Waals surface area contributed by atoms with E-state index in [1.165, 1.54) is 18.1 Å². The normalized spacial score (nSPS) is 17.3.